The number of rotatable bonds is 3. The molecular formula is C19H23N3O2. The first-order valence-electron chi connectivity index (χ1n) is 8.22. The van der Waals surface area contributed by atoms with Crippen LogP contribution in [0.15, 0.2) is 54.6 Å². The summed E-state index contributed by atoms with van der Waals surface area (Å²) in [6.07, 6.45) is 0. The van der Waals surface area contributed by atoms with Gasteiger partial charge in [0.1, 0.15) is 0 Å². The molecule has 2 aromatic rings. The highest BCUT2D eigenvalue weighted by atomic mass is 16.5. The van der Waals surface area contributed by atoms with E-state index in [-0.39, 0.29) is 6.03 Å². The third-order valence-corrected chi connectivity index (χ3v) is 4.12. The smallest absolute Gasteiger partial charge is 0.323 e. The van der Waals surface area contributed by atoms with Gasteiger partial charge in [-0.2, -0.15) is 0 Å². The molecule has 0 aliphatic carbocycles. The van der Waals surface area contributed by atoms with Gasteiger partial charge in [-0.1, -0.05) is 18.2 Å². The number of urea groups is 1. The molecule has 2 aromatic carbocycles. The molecule has 2 N–H and O–H groups in total. The highest BCUT2D eigenvalue weighted by Crippen LogP contribution is 2.25. The van der Waals surface area contributed by atoms with Crippen LogP contribution >= 0.6 is 0 Å². The normalized spacial score (nSPS) is 20.5. The zero-order valence-corrected chi connectivity index (χ0v) is 14.0. The van der Waals surface area contributed by atoms with E-state index in [1.165, 1.54) is 0 Å². The maximum Gasteiger partial charge on any atom is 0.323 e. The van der Waals surface area contributed by atoms with Crippen LogP contribution in [0.25, 0.3) is 0 Å². The van der Waals surface area contributed by atoms with Crippen molar-refractivity contribution in [2.75, 3.05) is 28.7 Å². The van der Waals surface area contributed by atoms with Crippen LogP contribution in [0.2, 0.25) is 0 Å². The van der Waals surface area contributed by atoms with Crippen LogP contribution in [-0.2, 0) is 4.74 Å². The number of nitrogens with one attached hydrogen (secondary N) is 2. The van der Waals surface area contributed by atoms with Crippen LogP contribution in [0.3, 0.4) is 0 Å². The number of carbonyl (C=O) groups is 1. The minimum atomic E-state index is -0.248. The molecule has 5 heteroatoms. The van der Waals surface area contributed by atoms with E-state index in [0.717, 1.165) is 30.3 Å². The summed E-state index contributed by atoms with van der Waals surface area (Å²) >= 11 is 0. The van der Waals surface area contributed by atoms with E-state index in [2.05, 4.69) is 29.4 Å². The van der Waals surface area contributed by atoms with E-state index < -0.39 is 0 Å². The number of amides is 2. The first-order chi connectivity index (χ1) is 11.6. The molecule has 1 fully saturated rings. The van der Waals surface area contributed by atoms with Gasteiger partial charge in [0.05, 0.1) is 13.2 Å². The number of morpholine rings is 1. The zero-order valence-electron chi connectivity index (χ0n) is 14.0. The third kappa shape index (κ3) is 3.86. The van der Waals surface area contributed by atoms with Crippen molar-refractivity contribution < 1.29 is 9.53 Å². The highest BCUT2D eigenvalue weighted by Gasteiger charge is 2.25. The Morgan fingerprint density at radius 2 is 1.46 bits per heavy atom. The molecule has 1 heterocycles. The molecule has 2 unspecified atom stereocenters. The molecule has 24 heavy (non-hydrogen) atoms. The fraction of sp³-hybridized carbons (Fsp3) is 0.316. The standard InChI is InChI=1S/C19H23N3O2/c1-14-12-24-13-15(2)22(14)18-10-8-17(9-11-18)21-19(23)20-16-6-4-3-5-7-16/h3-11,14-15H,12-13H2,1-2H3,(H2,20,21,23). The molecule has 2 atom stereocenters. The molecule has 0 bridgehead atoms. The van der Waals surface area contributed by atoms with Gasteiger partial charge in [0, 0.05) is 29.1 Å². The minimum absolute atomic E-state index is 0.248. The Kier molecular flexibility index (Phi) is 5.01. The van der Waals surface area contributed by atoms with Crippen LogP contribution in [-0.4, -0.2) is 31.3 Å². The molecule has 0 aromatic heterocycles. The lowest BCUT2D eigenvalue weighted by Crippen LogP contribution is -2.49. The number of anilines is 3. The van der Waals surface area contributed by atoms with E-state index >= 15 is 0 Å². The van der Waals surface area contributed by atoms with Crippen LogP contribution in [0.1, 0.15) is 13.8 Å². The van der Waals surface area contributed by atoms with Crippen LogP contribution in [0.5, 0.6) is 0 Å². The van der Waals surface area contributed by atoms with Crippen molar-refractivity contribution in [2.45, 2.75) is 25.9 Å². The van der Waals surface area contributed by atoms with Crippen molar-refractivity contribution in [3.8, 4) is 0 Å². The zero-order chi connectivity index (χ0) is 16.9. The first kappa shape index (κ1) is 16.3. The van der Waals surface area contributed by atoms with Gasteiger partial charge < -0.3 is 20.3 Å². The second kappa shape index (κ2) is 7.36. The second-order valence-corrected chi connectivity index (χ2v) is 6.13. The van der Waals surface area contributed by atoms with E-state index in [0.29, 0.717) is 12.1 Å². The van der Waals surface area contributed by atoms with Gasteiger partial charge in [-0.3, -0.25) is 0 Å². The molecule has 0 saturated carbocycles. The van der Waals surface area contributed by atoms with Gasteiger partial charge in [0.2, 0.25) is 0 Å². The molecule has 3 rings (SSSR count). The summed E-state index contributed by atoms with van der Waals surface area (Å²) < 4.78 is 5.57. The van der Waals surface area contributed by atoms with E-state index in [1.54, 1.807) is 0 Å². The number of nitrogens with zero attached hydrogens (tertiary/aromatic N) is 1. The predicted octanol–water partition coefficient (Wildman–Crippen LogP) is 3.94. The number of para-hydroxylation sites is 1. The van der Waals surface area contributed by atoms with Crippen LogP contribution < -0.4 is 15.5 Å². The number of hydrogen-bond donors (Lipinski definition) is 2. The number of benzene rings is 2. The summed E-state index contributed by atoms with van der Waals surface area (Å²) in [5.74, 6) is 0. The van der Waals surface area contributed by atoms with Crippen molar-refractivity contribution >= 4 is 23.1 Å². The van der Waals surface area contributed by atoms with Crippen molar-refractivity contribution in [1.82, 2.24) is 0 Å². The second-order valence-electron chi connectivity index (χ2n) is 6.13. The third-order valence-electron chi connectivity index (χ3n) is 4.12. The summed E-state index contributed by atoms with van der Waals surface area (Å²) in [6, 6.07) is 17.7. The number of carbonyl (C=O) groups excluding carboxylic acids is 1. The Morgan fingerprint density at radius 3 is 2.04 bits per heavy atom. The van der Waals surface area contributed by atoms with Crippen molar-refractivity contribution in [2.24, 2.45) is 0 Å². The van der Waals surface area contributed by atoms with E-state index in [1.807, 2.05) is 54.6 Å². The summed E-state index contributed by atoms with van der Waals surface area (Å²) in [7, 11) is 0. The monoisotopic (exact) mass is 325 g/mol. The fourth-order valence-corrected chi connectivity index (χ4v) is 3.04. The maximum atomic E-state index is 12.0. The Bertz CT molecular complexity index is 663. The highest BCUT2D eigenvalue weighted by molar-refractivity contribution is 5.99. The van der Waals surface area contributed by atoms with Gasteiger partial charge >= 0.3 is 6.03 Å². The molecular weight excluding hydrogens is 302 g/mol. The quantitative estimate of drug-likeness (QED) is 0.898. The van der Waals surface area contributed by atoms with E-state index in [9.17, 15) is 4.79 Å². The van der Waals surface area contributed by atoms with Crippen molar-refractivity contribution in [1.29, 1.82) is 0 Å². The molecule has 1 saturated heterocycles. The number of hydrogen-bond acceptors (Lipinski definition) is 3. The topological polar surface area (TPSA) is 53.6 Å². The van der Waals surface area contributed by atoms with Crippen molar-refractivity contribution in [3.05, 3.63) is 54.6 Å². The molecule has 5 nitrogen and oxygen atoms in total. The summed E-state index contributed by atoms with van der Waals surface area (Å²) in [5, 5.41) is 5.66. The molecule has 0 spiro atoms. The van der Waals surface area contributed by atoms with E-state index in [4.69, 9.17) is 4.74 Å². The van der Waals surface area contributed by atoms with Gasteiger partial charge in [-0.25, -0.2) is 4.79 Å². The fourth-order valence-electron chi connectivity index (χ4n) is 3.04. The summed E-state index contributed by atoms with van der Waals surface area (Å²) in [4.78, 5) is 14.4. The minimum Gasteiger partial charge on any atom is -0.377 e. The van der Waals surface area contributed by atoms with Gasteiger partial charge in [-0.15, -0.1) is 0 Å². The van der Waals surface area contributed by atoms with Gasteiger partial charge in [0.25, 0.3) is 0 Å². The van der Waals surface area contributed by atoms with Crippen LogP contribution in [0.4, 0.5) is 21.9 Å². The average molecular weight is 325 g/mol. The molecule has 2 amide bonds. The lowest BCUT2D eigenvalue weighted by atomic mass is 10.1. The predicted molar refractivity (Wildman–Crippen MR) is 97.7 cm³/mol. The summed E-state index contributed by atoms with van der Waals surface area (Å²) in [6.45, 7) is 5.80. The largest absolute Gasteiger partial charge is 0.377 e. The Morgan fingerprint density at radius 1 is 0.917 bits per heavy atom. The molecule has 1 aliphatic rings. The molecule has 1 aliphatic heterocycles. The van der Waals surface area contributed by atoms with Gasteiger partial charge in [-0.05, 0) is 50.2 Å². The van der Waals surface area contributed by atoms with Gasteiger partial charge in [0.15, 0.2) is 0 Å². The average Bonchev–Trinajstić information content (AvgIpc) is 2.57. The lowest BCUT2D eigenvalue weighted by molar-refractivity contribution is 0.0757. The van der Waals surface area contributed by atoms with Crippen LogP contribution in [0, 0.1) is 0 Å². The Labute approximate surface area is 142 Å². The number of ether oxygens (including phenoxy) is 1. The molecule has 126 valence electrons. The lowest BCUT2D eigenvalue weighted by Gasteiger charge is -2.40. The maximum absolute atomic E-state index is 12.0. The Balaban J connectivity index is 1.63. The molecule has 0 radical (unpaired) electrons. The van der Waals surface area contributed by atoms with Crippen molar-refractivity contribution in [3.63, 3.8) is 0 Å². The Hall–Kier alpha value is -2.53. The SMILES string of the molecule is CC1COCC(C)N1c1ccc(NC(=O)Nc2ccccc2)cc1. The summed E-state index contributed by atoms with van der Waals surface area (Å²) in [5.41, 5.74) is 2.68. The first-order valence-corrected chi connectivity index (χ1v) is 8.22.